The van der Waals surface area contributed by atoms with Gasteiger partial charge < -0.3 is 9.64 Å². The molecule has 2 rings (SSSR count). The van der Waals surface area contributed by atoms with Crippen LogP contribution in [0.5, 0.6) is 0 Å². The molecule has 0 radical (unpaired) electrons. The number of ether oxygens (including phenoxy) is 1. The van der Waals surface area contributed by atoms with E-state index in [0.29, 0.717) is 4.90 Å². The molecular formula is C12H10F3NO3. The second kappa shape index (κ2) is 4.91. The van der Waals surface area contributed by atoms with Gasteiger partial charge in [-0.05, 0) is 5.56 Å². The lowest BCUT2D eigenvalue weighted by Gasteiger charge is -2.07. The van der Waals surface area contributed by atoms with Gasteiger partial charge in [-0.15, -0.1) is 0 Å². The van der Waals surface area contributed by atoms with Gasteiger partial charge in [0.25, 0.3) is 0 Å². The van der Waals surface area contributed by atoms with Crippen molar-refractivity contribution in [2.24, 2.45) is 0 Å². The molecular weight excluding hydrogens is 263 g/mol. The summed E-state index contributed by atoms with van der Waals surface area (Å²) in [5.41, 5.74) is 0.727. The number of carbonyl (C=O) groups excluding carboxylic acids is 2. The first kappa shape index (κ1) is 13.4. The zero-order chi connectivity index (χ0) is 14.0. The summed E-state index contributed by atoms with van der Waals surface area (Å²) >= 11 is 0. The topological polar surface area (TPSA) is 46.4 Å². The number of nitrogens with zero attached hydrogens (tertiary/aromatic N) is 1. The van der Waals surface area contributed by atoms with E-state index in [4.69, 9.17) is 4.74 Å². The molecule has 1 aliphatic heterocycles. The third-order valence-electron chi connectivity index (χ3n) is 2.61. The maximum Gasteiger partial charge on any atom is 0.471 e. The molecule has 1 aromatic rings. The van der Waals surface area contributed by atoms with Crippen LogP contribution in [0, 0.1) is 0 Å². The second-order valence-electron chi connectivity index (χ2n) is 4.06. The molecule has 1 fully saturated rings. The van der Waals surface area contributed by atoms with Crippen LogP contribution in [0.25, 0.3) is 0 Å². The Hall–Kier alpha value is -2.05. The molecule has 0 saturated carbocycles. The Bertz CT molecular complexity index is 487. The fourth-order valence-electron chi connectivity index (χ4n) is 1.55. The Morgan fingerprint density at radius 2 is 1.89 bits per heavy atom. The summed E-state index contributed by atoms with van der Waals surface area (Å²) in [6, 6.07) is 7.62. The van der Waals surface area contributed by atoms with E-state index in [9.17, 15) is 22.8 Å². The van der Waals surface area contributed by atoms with Crippen molar-refractivity contribution in [2.75, 3.05) is 6.54 Å². The number of hydrogen-bond acceptors (Lipinski definition) is 3. The van der Waals surface area contributed by atoms with Gasteiger partial charge in [0.05, 0.1) is 6.54 Å². The third-order valence-corrected chi connectivity index (χ3v) is 2.61. The normalized spacial score (nSPS) is 18.1. The van der Waals surface area contributed by atoms with Crippen LogP contribution < -0.4 is 0 Å². The Kier molecular flexibility index (Phi) is 3.46. The molecule has 102 valence electrons. The molecule has 4 nitrogen and oxygen atoms in total. The lowest BCUT2D eigenvalue weighted by atomic mass is 10.2. The van der Waals surface area contributed by atoms with Gasteiger partial charge in [-0.2, -0.15) is 13.2 Å². The fourth-order valence-corrected chi connectivity index (χ4v) is 1.55. The van der Waals surface area contributed by atoms with E-state index in [1.807, 2.05) is 0 Å². The molecule has 1 heterocycles. The average Bonchev–Trinajstić information content (AvgIpc) is 3.15. The minimum atomic E-state index is -4.95. The number of hydrogen-bond donors (Lipinski definition) is 0. The van der Waals surface area contributed by atoms with Gasteiger partial charge in [0.1, 0.15) is 12.6 Å². The van der Waals surface area contributed by atoms with Crippen molar-refractivity contribution < 1.29 is 27.5 Å². The molecule has 0 N–H and O–H groups in total. The molecule has 19 heavy (non-hydrogen) atoms. The van der Waals surface area contributed by atoms with Crippen LogP contribution in [-0.2, 0) is 20.9 Å². The standard InChI is InChI=1S/C12H10F3NO3/c13-12(14,15)11(18)16-6-9(16)10(17)19-7-8-4-2-1-3-5-8/h1-5,9H,6-7H2/t9-,16?/m1/s1. The predicted molar refractivity (Wildman–Crippen MR) is 57.8 cm³/mol. The highest BCUT2D eigenvalue weighted by Crippen LogP contribution is 2.28. The molecule has 1 atom stereocenters. The van der Waals surface area contributed by atoms with Crippen LogP contribution in [0.4, 0.5) is 13.2 Å². The van der Waals surface area contributed by atoms with Crippen molar-refractivity contribution in [3.05, 3.63) is 35.9 Å². The quantitative estimate of drug-likeness (QED) is 0.619. The van der Waals surface area contributed by atoms with E-state index in [0.717, 1.165) is 5.56 Å². The second-order valence-corrected chi connectivity index (χ2v) is 4.06. The minimum absolute atomic E-state index is 0.0236. The number of rotatable bonds is 3. The van der Waals surface area contributed by atoms with E-state index < -0.39 is 24.1 Å². The van der Waals surface area contributed by atoms with Crippen LogP contribution in [0.2, 0.25) is 0 Å². The SMILES string of the molecule is O=C(OCc1ccccc1)[C@H]1CN1C(=O)C(F)(F)F. The Morgan fingerprint density at radius 1 is 1.26 bits per heavy atom. The minimum Gasteiger partial charge on any atom is -0.459 e. The molecule has 0 bridgehead atoms. The number of esters is 1. The van der Waals surface area contributed by atoms with Gasteiger partial charge in [0.15, 0.2) is 0 Å². The summed E-state index contributed by atoms with van der Waals surface area (Å²) in [4.78, 5) is 22.7. The summed E-state index contributed by atoms with van der Waals surface area (Å²) < 4.78 is 41.1. The first-order valence-electron chi connectivity index (χ1n) is 5.48. The third kappa shape index (κ3) is 3.24. The number of alkyl halides is 3. The fraction of sp³-hybridized carbons (Fsp3) is 0.333. The largest absolute Gasteiger partial charge is 0.471 e. The molecule has 1 aromatic carbocycles. The lowest BCUT2D eigenvalue weighted by Crippen LogP contribution is -2.32. The lowest BCUT2D eigenvalue weighted by molar-refractivity contribution is -0.180. The van der Waals surface area contributed by atoms with Gasteiger partial charge in [-0.1, -0.05) is 30.3 Å². The van der Waals surface area contributed by atoms with Crippen LogP contribution in [0.1, 0.15) is 5.56 Å². The maximum atomic E-state index is 12.1. The monoisotopic (exact) mass is 273 g/mol. The number of amides is 1. The maximum absolute atomic E-state index is 12.1. The zero-order valence-corrected chi connectivity index (χ0v) is 9.68. The molecule has 0 aliphatic carbocycles. The van der Waals surface area contributed by atoms with Crippen molar-refractivity contribution in [2.45, 2.75) is 18.8 Å². The van der Waals surface area contributed by atoms with Crippen molar-refractivity contribution in [1.29, 1.82) is 0 Å². The van der Waals surface area contributed by atoms with Crippen LogP contribution >= 0.6 is 0 Å². The van der Waals surface area contributed by atoms with Gasteiger partial charge in [0.2, 0.25) is 0 Å². The van der Waals surface area contributed by atoms with E-state index in [1.54, 1.807) is 30.3 Å². The van der Waals surface area contributed by atoms with Gasteiger partial charge in [0, 0.05) is 0 Å². The zero-order valence-electron chi connectivity index (χ0n) is 9.68. The first-order chi connectivity index (χ1) is 8.89. The van der Waals surface area contributed by atoms with Crippen molar-refractivity contribution >= 4 is 11.9 Å². The number of benzene rings is 1. The van der Waals surface area contributed by atoms with Gasteiger partial charge in [-0.3, -0.25) is 4.79 Å². The molecule has 0 spiro atoms. The van der Waals surface area contributed by atoms with Crippen LogP contribution in [0.3, 0.4) is 0 Å². The van der Waals surface area contributed by atoms with E-state index in [1.165, 1.54) is 0 Å². The Morgan fingerprint density at radius 3 is 2.47 bits per heavy atom. The van der Waals surface area contributed by atoms with Crippen LogP contribution in [-0.4, -0.2) is 35.5 Å². The van der Waals surface area contributed by atoms with Gasteiger partial charge in [-0.25, -0.2) is 4.79 Å². The molecule has 7 heteroatoms. The highest BCUT2D eigenvalue weighted by Gasteiger charge is 2.54. The summed E-state index contributed by atoms with van der Waals surface area (Å²) in [6.07, 6.45) is -4.95. The van der Waals surface area contributed by atoms with E-state index in [2.05, 4.69) is 0 Å². The molecule has 1 aliphatic rings. The molecule has 0 aromatic heterocycles. The highest BCUT2D eigenvalue weighted by atomic mass is 19.4. The first-order valence-corrected chi connectivity index (χ1v) is 5.48. The van der Waals surface area contributed by atoms with Crippen molar-refractivity contribution in [3.8, 4) is 0 Å². The summed E-state index contributed by atoms with van der Waals surface area (Å²) in [6.45, 7) is -0.268. The average molecular weight is 273 g/mol. The Balaban J connectivity index is 1.82. The van der Waals surface area contributed by atoms with Crippen LogP contribution in [0.15, 0.2) is 30.3 Å². The smallest absolute Gasteiger partial charge is 0.459 e. The van der Waals surface area contributed by atoms with E-state index in [-0.39, 0.29) is 13.2 Å². The number of carbonyl (C=O) groups is 2. The molecule has 1 amide bonds. The molecule has 0 unspecified atom stereocenters. The summed E-state index contributed by atoms with van der Waals surface area (Å²) in [5.74, 6) is -2.82. The Labute approximate surface area is 106 Å². The predicted octanol–water partition coefficient (Wildman–Crippen LogP) is 1.50. The van der Waals surface area contributed by atoms with Gasteiger partial charge >= 0.3 is 18.1 Å². The van der Waals surface area contributed by atoms with Crippen molar-refractivity contribution in [3.63, 3.8) is 0 Å². The van der Waals surface area contributed by atoms with Crippen molar-refractivity contribution in [1.82, 2.24) is 4.90 Å². The number of halogens is 3. The summed E-state index contributed by atoms with van der Waals surface area (Å²) in [5, 5.41) is 0. The highest BCUT2D eigenvalue weighted by molar-refractivity contribution is 5.92. The van der Waals surface area contributed by atoms with E-state index >= 15 is 0 Å². The summed E-state index contributed by atoms with van der Waals surface area (Å²) in [7, 11) is 0. The molecule has 1 saturated heterocycles.